The van der Waals surface area contributed by atoms with E-state index in [9.17, 15) is 4.79 Å². The molecule has 0 aliphatic carbocycles. The Bertz CT molecular complexity index is 754. The van der Waals surface area contributed by atoms with Gasteiger partial charge in [0, 0.05) is 38.6 Å². The van der Waals surface area contributed by atoms with Gasteiger partial charge in [0.25, 0.3) is 5.91 Å². The predicted molar refractivity (Wildman–Crippen MR) is 104 cm³/mol. The molecule has 2 aromatic heterocycles. The molecule has 2 saturated heterocycles. The van der Waals surface area contributed by atoms with Crippen LogP contribution >= 0.6 is 0 Å². The Kier molecular flexibility index (Phi) is 5.63. The van der Waals surface area contributed by atoms with Gasteiger partial charge in [-0.3, -0.25) is 9.78 Å². The molecule has 142 valence electrons. The Labute approximate surface area is 160 Å². The number of carbonyl (C=O) groups excluding carboxylic acids is 1. The molecule has 0 N–H and O–H groups in total. The normalized spacial score (nSPS) is 18.1. The molecule has 2 aromatic rings. The highest BCUT2D eigenvalue weighted by Gasteiger charge is 2.27. The molecule has 0 bridgehead atoms. The highest BCUT2D eigenvalue weighted by atomic mass is 16.5. The van der Waals surface area contributed by atoms with Gasteiger partial charge in [-0.15, -0.1) is 0 Å². The first-order valence-corrected chi connectivity index (χ1v) is 9.82. The van der Waals surface area contributed by atoms with E-state index in [0.29, 0.717) is 6.61 Å². The van der Waals surface area contributed by atoms with Crippen LogP contribution in [0.1, 0.15) is 41.7 Å². The fourth-order valence-corrected chi connectivity index (χ4v) is 3.83. The number of rotatable bonds is 5. The van der Waals surface area contributed by atoms with Gasteiger partial charge in [0.15, 0.2) is 0 Å². The Hall–Kier alpha value is -2.47. The summed E-state index contributed by atoms with van der Waals surface area (Å²) >= 11 is 0. The molecule has 0 unspecified atom stereocenters. The quantitative estimate of drug-likeness (QED) is 0.814. The number of anilines is 1. The molecule has 0 saturated carbocycles. The predicted octanol–water partition coefficient (Wildman–Crippen LogP) is 2.90. The number of likely N-dealkylation sites (tertiary alicyclic amines) is 1. The largest absolute Gasteiger partial charge is 0.372 e. The molecule has 6 heteroatoms. The molecule has 27 heavy (non-hydrogen) atoms. The zero-order valence-corrected chi connectivity index (χ0v) is 15.6. The van der Waals surface area contributed by atoms with Gasteiger partial charge in [0.1, 0.15) is 5.82 Å². The summed E-state index contributed by atoms with van der Waals surface area (Å²) in [5.41, 5.74) is 1.69. The summed E-state index contributed by atoms with van der Waals surface area (Å²) in [4.78, 5) is 25.9. The second kappa shape index (κ2) is 8.48. The van der Waals surface area contributed by atoms with E-state index in [1.807, 2.05) is 35.2 Å². The highest BCUT2D eigenvalue weighted by molar-refractivity contribution is 5.99. The van der Waals surface area contributed by atoms with Crippen LogP contribution in [0, 0.1) is 0 Å². The van der Waals surface area contributed by atoms with Crippen molar-refractivity contribution in [2.75, 3.05) is 31.1 Å². The summed E-state index contributed by atoms with van der Waals surface area (Å²) in [5.74, 6) is 0.932. The maximum absolute atomic E-state index is 12.9. The van der Waals surface area contributed by atoms with Gasteiger partial charge < -0.3 is 14.5 Å². The minimum atomic E-state index is 0.115. The lowest BCUT2D eigenvalue weighted by Gasteiger charge is -2.33. The topological polar surface area (TPSA) is 58.6 Å². The van der Waals surface area contributed by atoms with Crippen LogP contribution in [0.4, 0.5) is 5.82 Å². The molecule has 2 aliphatic rings. The fraction of sp³-hybridized carbons (Fsp3) is 0.476. The van der Waals surface area contributed by atoms with Crippen LogP contribution < -0.4 is 4.90 Å². The number of nitrogens with zero attached hydrogens (tertiary/aromatic N) is 4. The van der Waals surface area contributed by atoms with Crippen LogP contribution in [-0.2, 0) is 11.3 Å². The Morgan fingerprint density at radius 3 is 2.52 bits per heavy atom. The van der Waals surface area contributed by atoms with E-state index < -0.39 is 0 Å². The van der Waals surface area contributed by atoms with Crippen molar-refractivity contribution in [1.29, 1.82) is 0 Å². The van der Waals surface area contributed by atoms with Crippen LogP contribution in [-0.4, -0.2) is 53.1 Å². The van der Waals surface area contributed by atoms with Gasteiger partial charge in [-0.25, -0.2) is 4.98 Å². The number of aromatic nitrogens is 2. The Balaban J connectivity index is 1.36. The number of pyridine rings is 2. The molecular formula is C21H26N4O2. The van der Waals surface area contributed by atoms with Crippen LogP contribution in [0.15, 0.2) is 42.7 Å². The van der Waals surface area contributed by atoms with Crippen LogP contribution in [0.3, 0.4) is 0 Å². The molecule has 4 heterocycles. The Morgan fingerprint density at radius 2 is 1.78 bits per heavy atom. The molecule has 0 spiro atoms. The third-order valence-electron chi connectivity index (χ3n) is 5.34. The lowest BCUT2D eigenvalue weighted by molar-refractivity contribution is 0.0233. The average Bonchev–Trinajstić information content (AvgIpc) is 3.28. The number of hydrogen-bond donors (Lipinski definition) is 0. The van der Waals surface area contributed by atoms with E-state index in [2.05, 4.69) is 14.9 Å². The monoisotopic (exact) mass is 366 g/mol. The maximum Gasteiger partial charge on any atom is 0.257 e. The number of hydrogen-bond acceptors (Lipinski definition) is 5. The first-order valence-electron chi connectivity index (χ1n) is 9.82. The summed E-state index contributed by atoms with van der Waals surface area (Å²) in [6, 6.07) is 9.64. The molecule has 0 aromatic carbocycles. The summed E-state index contributed by atoms with van der Waals surface area (Å²) in [5, 5.41) is 0. The zero-order chi connectivity index (χ0) is 18.5. The minimum Gasteiger partial charge on any atom is -0.372 e. The van der Waals surface area contributed by atoms with Crippen molar-refractivity contribution in [3.8, 4) is 0 Å². The summed E-state index contributed by atoms with van der Waals surface area (Å²) in [6.07, 6.45) is 7.85. The van der Waals surface area contributed by atoms with E-state index in [4.69, 9.17) is 4.74 Å². The molecule has 0 atom stereocenters. The summed E-state index contributed by atoms with van der Waals surface area (Å²) in [6.45, 7) is 3.97. The highest BCUT2D eigenvalue weighted by Crippen LogP contribution is 2.25. The molecule has 1 amide bonds. The zero-order valence-electron chi connectivity index (χ0n) is 15.6. The molecule has 6 nitrogen and oxygen atoms in total. The molecule has 0 radical (unpaired) electrons. The molecular weight excluding hydrogens is 340 g/mol. The van der Waals surface area contributed by atoms with E-state index in [-0.39, 0.29) is 12.0 Å². The van der Waals surface area contributed by atoms with Crippen LogP contribution in [0.2, 0.25) is 0 Å². The number of carbonyl (C=O) groups is 1. The van der Waals surface area contributed by atoms with Crippen molar-refractivity contribution in [2.24, 2.45) is 0 Å². The van der Waals surface area contributed by atoms with Gasteiger partial charge >= 0.3 is 0 Å². The van der Waals surface area contributed by atoms with Gasteiger partial charge in [0.2, 0.25) is 0 Å². The van der Waals surface area contributed by atoms with Gasteiger partial charge in [-0.2, -0.15) is 0 Å². The lowest BCUT2D eigenvalue weighted by atomic mass is 10.1. The van der Waals surface area contributed by atoms with Crippen LogP contribution in [0.5, 0.6) is 0 Å². The second-order valence-corrected chi connectivity index (χ2v) is 7.19. The standard InChI is InChI=1S/C21H26N4O2/c26-21(25-12-3-4-13-25)19-7-5-11-23-20(19)24-14-8-18(9-15-24)27-16-17-6-1-2-10-22-17/h1-2,5-7,10-11,18H,3-4,8-9,12-16H2. The summed E-state index contributed by atoms with van der Waals surface area (Å²) < 4.78 is 6.03. The van der Waals surface area contributed by atoms with Crippen molar-refractivity contribution in [3.05, 3.63) is 54.0 Å². The van der Waals surface area contributed by atoms with Gasteiger partial charge in [-0.05, 0) is 49.9 Å². The molecule has 2 aliphatic heterocycles. The third-order valence-corrected chi connectivity index (χ3v) is 5.34. The molecule has 2 fully saturated rings. The first-order chi connectivity index (χ1) is 13.3. The van der Waals surface area contributed by atoms with Crippen molar-refractivity contribution in [2.45, 2.75) is 38.4 Å². The van der Waals surface area contributed by atoms with E-state index in [0.717, 1.165) is 68.9 Å². The van der Waals surface area contributed by atoms with Crippen molar-refractivity contribution < 1.29 is 9.53 Å². The first kappa shape index (κ1) is 17.9. The third kappa shape index (κ3) is 4.27. The van der Waals surface area contributed by atoms with E-state index >= 15 is 0 Å². The maximum atomic E-state index is 12.9. The molecule has 4 rings (SSSR count). The number of ether oxygens (including phenoxy) is 1. The van der Waals surface area contributed by atoms with Crippen molar-refractivity contribution >= 4 is 11.7 Å². The average molecular weight is 366 g/mol. The number of amides is 1. The second-order valence-electron chi connectivity index (χ2n) is 7.19. The minimum absolute atomic E-state index is 0.115. The van der Waals surface area contributed by atoms with Crippen LogP contribution in [0.25, 0.3) is 0 Å². The lowest BCUT2D eigenvalue weighted by Crippen LogP contribution is -2.39. The van der Waals surface area contributed by atoms with Crippen molar-refractivity contribution in [3.63, 3.8) is 0 Å². The number of piperidine rings is 1. The van der Waals surface area contributed by atoms with E-state index in [1.54, 1.807) is 12.4 Å². The van der Waals surface area contributed by atoms with E-state index in [1.165, 1.54) is 0 Å². The SMILES string of the molecule is O=C(c1cccnc1N1CCC(OCc2ccccn2)CC1)N1CCCC1. The smallest absolute Gasteiger partial charge is 0.257 e. The van der Waals surface area contributed by atoms with Gasteiger partial charge in [0.05, 0.1) is 24.0 Å². The Morgan fingerprint density at radius 1 is 1.00 bits per heavy atom. The fourth-order valence-electron chi connectivity index (χ4n) is 3.83. The summed E-state index contributed by atoms with van der Waals surface area (Å²) in [7, 11) is 0. The van der Waals surface area contributed by atoms with Gasteiger partial charge in [-0.1, -0.05) is 6.07 Å². The van der Waals surface area contributed by atoms with Crippen molar-refractivity contribution in [1.82, 2.24) is 14.9 Å².